The Bertz CT molecular complexity index is 324. The largest absolute Gasteiger partial charge is 0.465 e. The fourth-order valence-electron chi connectivity index (χ4n) is 1.11. The van der Waals surface area contributed by atoms with Crippen molar-refractivity contribution in [3.63, 3.8) is 0 Å². The molecular formula is C10H14N2O2. The maximum atomic E-state index is 11.3. The third-order valence-electron chi connectivity index (χ3n) is 1.68. The first-order valence-electron chi connectivity index (χ1n) is 4.26. The van der Waals surface area contributed by atoms with Gasteiger partial charge in [-0.2, -0.15) is 0 Å². The number of nitrogens with one attached hydrogen (secondary N) is 1. The summed E-state index contributed by atoms with van der Waals surface area (Å²) in [6.07, 6.45) is 0. The Morgan fingerprint density at radius 3 is 2.57 bits per heavy atom. The molecule has 1 N–H and O–H groups in total. The number of hydrazine groups is 1. The van der Waals surface area contributed by atoms with E-state index in [-0.39, 0.29) is 5.97 Å². The Balaban J connectivity index is 2.97. The van der Waals surface area contributed by atoms with E-state index in [0.29, 0.717) is 5.56 Å². The normalized spacial score (nSPS) is 10.0. The first-order valence-corrected chi connectivity index (χ1v) is 4.26. The number of nitrogens with zero attached hydrogens (tertiary/aromatic N) is 1. The molecule has 4 nitrogen and oxygen atoms in total. The molecule has 0 unspecified atom stereocenters. The average molecular weight is 194 g/mol. The van der Waals surface area contributed by atoms with Gasteiger partial charge in [0.1, 0.15) is 0 Å². The van der Waals surface area contributed by atoms with Crippen molar-refractivity contribution in [3.8, 4) is 0 Å². The van der Waals surface area contributed by atoms with Gasteiger partial charge in [-0.1, -0.05) is 12.1 Å². The van der Waals surface area contributed by atoms with Crippen LogP contribution in [0.15, 0.2) is 24.3 Å². The number of para-hydroxylation sites is 1. The Kier molecular flexibility index (Phi) is 3.48. The van der Waals surface area contributed by atoms with Crippen LogP contribution in [0.25, 0.3) is 0 Å². The van der Waals surface area contributed by atoms with E-state index in [1.54, 1.807) is 17.1 Å². The smallest absolute Gasteiger partial charge is 0.340 e. The van der Waals surface area contributed by atoms with Crippen molar-refractivity contribution in [1.82, 2.24) is 5.01 Å². The first kappa shape index (κ1) is 10.5. The molecule has 0 amide bonds. The van der Waals surface area contributed by atoms with Gasteiger partial charge in [0.05, 0.1) is 18.4 Å². The zero-order valence-electron chi connectivity index (χ0n) is 8.57. The molecule has 0 saturated carbocycles. The van der Waals surface area contributed by atoms with Crippen molar-refractivity contribution in [1.29, 1.82) is 0 Å². The second kappa shape index (κ2) is 4.62. The van der Waals surface area contributed by atoms with Crippen LogP contribution in [0.2, 0.25) is 0 Å². The van der Waals surface area contributed by atoms with Gasteiger partial charge < -0.3 is 10.2 Å². The zero-order valence-corrected chi connectivity index (χ0v) is 8.57. The summed E-state index contributed by atoms with van der Waals surface area (Å²) in [5.74, 6) is -0.338. The molecule has 0 bridgehead atoms. The molecule has 4 heteroatoms. The maximum absolute atomic E-state index is 11.3. The highest BCUT2D eigenvalue weighted by molar-refractivity contribution is 5.95. The summed E-state index contributed by atoms with van der Waals surface area (Å²) in [6, 6.07) is 7.20. The highest BCUT2D eigenvalue weighted by atomic mass is 16.5. The number of anilines is 1. The van der Waals surface area contributed by atoms with Crippen molar-refractivity contribution < 1.29 is 9.53 Å². The van der Waals surface area contributed by atoms with E-state index < -0.39 is 0 Å². The molecule has 0 fully saturated rings. The van der Waals surface area contributed by atoms with Crippen LogP contribution >= 0.6 is 0 Å². The van der Waals surface area contributed by atoms with Crippen molar-refractivity contribution in [2.24, 2.45) is 0 Å². The molecule has 0 aliphatic carbocycles. The minimum Gasteiger partial charge on any atom is -0.465 e. The van der Waals surface area contributed by atoms with Crippen LogP contribution in [0.5, 0.6) is 0 Å². The summed E-state index contributed by atoms with van der Waals surface area (Å²) in [4.78, 5) is 11.3. The molecule has 14 heavy (non-hydrogen) atoms. The number of hydrogen-bond donors (Lipinski definition) is 1. The predicted molar refractivity (Wildman–Crippen MR) is 55.1 cm³/mol. The van der Waals surface area contributed by atoms with Gasteiger partial charge in [-0.25, -0.2) is 9.80 Å². The van der Waals surface area contributed by atoms with Crippen molar-refractivity contribution >= 4 is 11.7 Å². The van der Waals surface area contributed by atoms with Crippen LogP contribution in [0.1, 0.15) is 10.4 Å². The highest BCUT2D eigenvalue weighted by Gasteiger charge is 2.10. The summed E-state index contributed by atoms with van der Waals surface area (Å²) in [5, 5.41) is 1.77. The third-order valence-corrected chi connectivity index (χ3v) is 1.68. The maximum Gasteiger partial charge on any atom is 0.340 e. The van der Waals surface area contributed by atoms with E-state index in [1.165, 1.54) is 7.11 Å². The van der Waals surface area contributed by atoms with Crippen molar-refractivity contribution in [2.45, 2.75) is 0 Å². The molecule has 0 aliphatic rings. The van der Waals surface area contributed by atoms with Crippen molar-refractivity contribution in [3.05, 3.63) is 29.8 Å². The summed E-state index contributed by atoms with van der Waals surface area (Å²) < 4.78 is 4.66. The molecule has 0 heterocycles. The number of benzene rings is 1. The first-order chi connectivity index (χ1) is 6.65. The van der Waals surface area contributed by atoms with E-state index in [9.17, 15) is 4.79 Å². The molecule has 0 saturated heterocycles. The van der Waals surface area contributed by atoms with Gasteiger partial charge in [-0.3, -0.25) is 0 Å². The SMILES string of the molecule is COC(=O)c1ccccc1NN(C)C. The van der Waals surface area contributed by atoms with E-state index in [2.05, 4.69) is 10.2 Å². The summed E-state index contributed by atoms with van der Waals surface area (Å²) in [5.41, 5.74) is 4.29. The van der Waals surface area contributed by atoms with Gasteiger partial charge in [0, 0.05) is 14.1 Å². The van der Waals surface area contributed by atoms with Gasteiger partial charge in [-0.15, -0.1) is 0 Å². The molecular weight excluding hydrogens is 180 g/mol. The van der Waals surface area contributed by atoms with Crippen LogP contribution in [-0.4, -0.2) is 32.2 Å². The second-order valence-corrected chi connectivity index (χ2v) is 3.04. The lowest BCUT2D eigenvalue weighted by molar-refractivity contribution is 0.0601. The number of rotatable bonds is 3. The molecule has 1 rings (SSSR count). The number of carbonyl (C=O) groups is 1. The van der Waals surface area contributed by atoms with Crippen LogP contribution in [0.4, 0.5) is 5.69 Å². The Morgan fingerprint density at radius 2 is 2.00 bits per heavy atom. The second-order valence-electron chi connectivity index (χ2n) is 3.04. The van der Waals surface area contributed by atoms with Gasteiger partial charge >= 0.3 is 5.97 Å². The highest BCUT2D eigenvalue weighted by Crippen LogP contribution is 2.15. The van der Waals surface area contributed by atoms with E-state index in [0.717, 1.165) is 5.69 Å². The van der Waals surface area contributed by atoms with Crippen LogP contribution in [0.3, 0.4) is 0 Å². The Morgan fingerprint density at radius 1 is 1.36 bits per heavy atom. The average Bonchev–Trinajstić information content (AvgIpc) is 2.16. The monoisotopic (exact) mass is 194 g/mol. The van der Waals surface area contributed by atoms with Crippen LogP contribution in [0, 0.1) is 0 Å². The number of hydrogen-bond acceptors (Lipinski definition) is 4. The molecule has 0 aromatic heterocycles. The summed E-state index contributed by atoms with van der Waals surface area (Å²) >= 11 is 0. The number of carbonyl (C=O) groups excluding carboxylic acids is 1. The molecule has 0 atom stereocenters. The number of ether oxygens (including phenoxy) is 1. The van der Waals surface area contributed by atoms with Gasteiger partial charge in [-0.05, 0) is 12.1 Å². The summed E-state index contributed by atoms with van der Waals surface area (Å²) in [7, 11) is 5.08. The standard InChI is InChI=1S/C10H14N2O2/c1-12(2)11-9-7-5-4-6-8(9)10(13)14-3/h4-7,11H,1-3H3. The van der Waals surface area contributed by atoms with E-state index in [4.69, 9.17) is 0 Å². The fraction of sp³-hybridized carbons (Fsp3) is 0.300. The minimum absolute atomic E-state index is 0.338. The van der Waals surface area contributed by atoms with E-state index in [1.807, 2.05) is 26.2 Å². The third kappa shape index (κ3) is 2.47. The quantitative estimate of drug-likeness (QED) is 0.582. The van der Waals surface area contributed by atoms with Crippen LogP contribution < -0.4 is 5.43 Å². The van der Waals surface area contributed by atoms with Gasteiger partial charge in [0.2, 0.25) is 0 Å². The lowest BCUT2D eigenvalue weighted by Gasteiger charge is -2.15. The molecule has 0 aliphatic heterocycles. The predicted octanol–water partition coefficient (Wildman–Crippen LogP) is 1.36. The minimum atomic E-state index is -0.338. The van der Waals surface area contributed by atoms with Gasteiger partial charge in [0.15, 0.2) is 0 Å². The topological polar surface area (TPSA) is 41.6 Å². The molecule has 1 aromatic rings. The van der Waals surface area contributed by atoms with Gasteiger partial charge in [0.25, 0.3) is 0 Å². The number of esters is 1. The molecule has 76 valence electrons. The fourth-order valence-corrected chi connectivity index (χ4v) is 1.11. The zero-order chi connectivity index (χ0) is 10.6. The molecule has 0 spiro atoms. The molecule has 0 radical (unpaired) electrons. The van der Waals surface area contributed by atoms with Crippen LogP contribution in [-0.2, 0) is 4.74 Å². The Hall–Kier alpha value is -1.55. The lowest BCUT2D eigenvalue weighted by Crippen LogP contribution is -2.21. The molecule has 1 aromatic carbocycles. The lowest BCUT2D eigenvalue weighted by atomic mass is 10.2. The number of methoxy groups -OCH3 is 1. The van der Waals surface area contributed by atoms with E-state index >= 15 is 0 Å². The van der Waals surface area contributed by atoms with Crippen molar-refractivity contribution in [2.75, 3.05) is 26.6 Å². The Labute approximate surface area is 83.4 Å². The summed E-state index contributed by atoms with van der Waals surface area (Å²) in [6.45, 7) is 0.